The molecule has 146 valence electrons. The van der Waals surface area contributed by atoms with Crippen LogP contribution in [-0.4, -0.2) is 39.3 Å². The van der Waals surface area contributed by atoms with Crippen molar-refractivity contribution in [3.63, 3.8) is 0 Å². The third-order valence-corrected chi connectivity index (χ3v) is 7.17. The third-order valence-electron chi connectivity index (χ3n) is 4.76. The number of rotatable bonds is 2. The Hall–Kier alpha value is -2.58. The van der Waals surface area contributed by atoms with Gasteiger partial charge in [-0.05, 0) is 0 Å². The van der Waals surface area contributed by atoms with Crippen LogP contribution in [0.3, 0.4) is 0 Å². The molecule has 4 heteroatoms. The predicted molar refractivity (Wildman–Crippen MR) is 121 cm³/mol. The van der Waals surface area contributed by atoms with E-state index in [1.54, 1.807) is 0 Å². The van der Waals surface area contributed by atoms with Crippen LogP contribution in [0.1, 0.15) is 11.1 Å². The van der Waals surface area contributed by atoms with E-state index in [1.165, 1.54) is 36.9 Å². The molecule has 0 amide bonds. The molecule has 0 saturated carbocycles. The fraction of sp³-hybridized carbons (Fsp3) is 0.0800. The van der Waals surface area contributed by atoms with Crippen LogP contribution in [0.2, 0.25) is 0 Å². The molecule has 29 heavy (non-hydrogen) atoms. The maximum absolute atomic E-state index is 5.90. The second-order valence-corrected chi connectivity index (χ2v) is 9.28. The van der Waals surface area contributed by atoms with Crippen LogP contribution >= 0.6 is 0 Å². The molecular weight excluding hydrogens is 443 g/mol. The first kappa shape index (κ1) is 21.1. The summed E-state index contributed by atoms with van der Waals surface area (Å²) < 4.78 is 4.90. The zero-order valence-corrected chi connectivity index (χ0v) is 18.9. The zero-order chi connectivity index (χ0) is 19.5. The molecule has 0 spiro atoms. The molecule has 4 rings (SSSR count). The molecule has 2 aromatic carbocycles. The van der Waals surface area contributed by atoms with Crippen LogP contribution in [0.5, 0.6) is 0 Å². The summed E-state index contributed by atoms with van der Waals surface area (Å²) in [5.41, 5.74) is 12.9. The molecule has 0 unspecified atom stereocenters. The van der Waals surface area contributed by atoms with Gasteiger partial charge in [-0.2, -0.15) is 0 Å². The summed E-state index contributed by atoms with van der Waals surface area (Å²) in [6.45, 7) is 0. The van der Waals surface area contributed by atoms with E-state index < -0.39 is 0 Å². The molecular formula is C25H23ClN2Se. The third kappa shape index (κ3) is 4.89. The normalized spacial score (nSPS) is 15.6. The fourth-order valence-corrected chi connectivity index (χ4v) is 5.50. The average Bonchev–Trinajstić information content (AvgIpc) is 2.74. The number of anilines is 1. The standard InChI is InChI=1S/C25H22N2Se.ClH/c1-27(2)23-14-10-18(11-15-23)21-16-24(19-6-4-3-5-7-19)28-25(17-21)20-8-12-22(26)13-9-20;/h3-17,26H,1-2H3;1H. The van der Waals surface area contributed by atoms with E-state index >= 15 is 0 Å². The van der Waals surface area contributed by atoms with Crippen molar-refractivity contribution in [3.05, 3.63) is 113 Å². The summed E-state index contributed by atoms with van der Waals surface area (Å²) in [6, 6.07) is 18.9. The number of hydrogen-bond donors (Lipinski definition) is 1. The minimum absolute atomic E-state index is 0. The average molecular weight is 466 g/mol. The van der Waals surface area contributed by atoms with Crippen LogP contribution in [0, 0.1) is 0 Å². The van der Waals surface area contributed by atoms with E-state index in [9.17, 15) is 0 Å². The minimum Gasteiger partial charge on any atom is -1.00 e. The van der Waals surface area contributed by atoms with Crippen molar-refractivity contribution < 1.29 is 17.0 Å². The second-order valence-electron chi connectivity index (χ2n) is 7.00. The quantitative estimate of drug-likeness (QED) is 0.407. The zero-order valence-electron chi connectivity index (χ0n) is 16.5. The second kappa shape index (κ2) is 9.28. The SMILES string of the molecule is C[N+](C)=C1C=CC(=C2C=C(c3ccccc3)[Se]C(c3ccc(N)cc3)=C2)C=C1.[Cl-]. The Morgan fingerprint density at radius 3 is 1.79 bits per heavy atom. The topological polar surface area (TPSA) is 29.0 Å². The van der Waals surface area contributed by atoms with Gasteiger partial charge in [0.2, 0.25) is 0 Å². The van der Waals surface area contributed by atoms with Crippen molar-refractivity contribution in [1.82, 2.24) is 0 Å². The Balaban J connectivity index is 0.00000240. The smallest absolute Gasteiger partial charge is 1.00 e. The first-order valence-electron chi connectivity index (χ1n) is 9.27. The summed E-state index contributed by atoms with van der Waals surface area (Å²) in [4.78, 5) is 0. The summed E-state index contributed by atoms with van der Waals surface area (Å²) >= 11 is 0.241. The first-order chi connectivity index (χ1) is 13.6. The maximum Gasteiger partial charge on any atom is -1.00 e. The van der Waals surface area contributed by atoms with Gasteiger partial charge in [-0.15, -0.1) is 0 Å². The maximum atomic E-state index is 5.90. The predicted octanol–water partition coefficient (Wildman–Crippen LogP) is 1.51. The number of hydrogen-bond acceptors (Lipinski definition) is 1. The summed E-state index contributed by atoms with van der Waals surface area (Å²) in [6.07, 6.45) is 13.4. The molecule has 0 atom stereocenters. The van der Waals surface area contributed by atoms with Gasteiger partial charge in [-0.1, -0.05) is 0 Å². The van der Waals surface area contributed by atoms with Crippen molar-refractivity contribution in [1.29, 1.82) is 0 Å². The first-order valence-corrected chi connectivity index (χ1v) is 11.0. The minimum atomic E-state index is 0. The van der Waals surface area contributed by atoms with Gasteiger partial charge in [-0.3, -0.25) is 0 Å². The fourth-order valence-electron chi connectivity index (χ4n) is 3.15. The number of nitrogens with zero attached hydrogens (tertiary/aromatic N) is 1. The molecule has 0 saturated heterocycles. The van der Waals surface area contributed by atoms with Gasteiger partial charge >= 0.3 is 173 Å². The Bertz CT molecular complexity index is 1060. The molecule has 0 radical (unpaired) electrons. The van der Waals surface area contributed by atoms with Gasteiger partial charge < -0.3 is 12.4 Å². The molecule has 1 heterocycles. The van der Waals surface area contributed by atoms with Gasteiger partial charge in [0.05, 0.1) is 0 Å². The molecule has 0 aromatic heterocycles. The van der Waals surface area contributed by atoms with Crippen LogP contribution in [0.15, 0.2) is 102 Å². The molecule has 2 nitrogen and oxygen atoms in total. The van der Waals surface area contributed by atoms with Gasteiger partial charge in [-0.25, -0.2) is 0 Å². The Kier molecular flexibility index (Phi) is 6.76. The van der Waals surface area contributed by atoms with Crippen LogP contribution in [0.25, 0.3) is 8.94 Å². The van der Waals surface area contributed by atoms with E-state index in [0.717, 1.165) is 5.69 Å². The number of benzene rings is 2. The molecule has 0 fully saturated rings. The van der Waals surface area contributed by atoms with Gasteiger partial charge in [0.1, 0.15) is 0 Å². The van der Waals surface area contributed by atoms with Gasteiger partial charge in [0, 0.05) is 0 Å². The van der Waals surface area contributed by atoms with E-state index in [4.69, 9.17) is 5.73 Å². The number of nitrogens with two attached hydrogens (primary N) is 1. The van der Waals surface area contributed by atoms with Crippen LogP contribution in [-0.2, 0) is 0 Å². The van der Waals surface area contributed by atoms with Gasteiger partial charge in [0.25, 0.3) is 0 Å². The Morgan fingerprint density at radius 1 is 0.690 bits per heavy atom. The Labute approximate surface area is 185 Å². The van der Waals surface area contributed by atoms with E-state index in [1.807, 2.05) is 12.1 Å². The van der Waals surface area contributed by atoms with E-state index in [2.05, 4.69) is 97.6 Å². The summed E-state index contributed by atoms with van der Waals surface area (Å²) in [7, 11) is 4.13. The number of halogens is 1. The molecule has 2 aliphatic rings. The van der Waals surface area contributed by atoms with Crippen molar-refractivity contribution >= 4 is 35.3 Å². The van der Waals surface area contributed by atoms with Crippen molar-refractivity contribution in [3.8, 4) is 0 Å². The van der Waals surface area contributed by atoms with E-state index in [-0.39, 0.29) is 27.4 Å². The van der Waals surface area contributed by atoms with Crippen molar-refractivity contribution in [2.75, 3.05) is 19.8 Å². The molecule has 2 aromatic rings. The van der Waals surface area contributed by atoms with Crippen LogP contribution < -0.4 is 18.1 Å². The summed E-state index contributed by atoms with van der Waals surface area (Å²) in [5.74, 6) is 0. The van der Waals surface area contributed by atoms with E-state index in [0.29, 0.717) is 0 Å². The molecule has 1 aliphatic heterocycles. The largest absolute Gasteiger partial charge is 1.00 e. The van der Waals surface area contributed by atoms with Crippen LogP contribution in [0.4, 0.5) is 5.69 Å². The van der Waals surface area contributed by atoms with Gasteiger partial charge in [0.15, 0.2) is 0 Å². The molecule has 2 N–H and O–H groups in total. The number of nitrogen functional groups attached to an aromatic ring is 1. The molecule has 1 aliphatic carbocycles. The molecule has 0 bridgehead atoms. The van der Waals surface area contributed by atoms with Crippen molar-refractivity contribution in [2.24, 2.45) is 0 Å². The monoisotopic (exact) mass is 466 g/mol. The Morgan fingerprint density at radius 2 is 1.24 bits per heavy atom. The van der Waals surface area contributed by atoms with Crippen molar-refractivity contribution in [2.45, 2.75) is 0 Å². The number of allylic oxidation sites excluding steroid dienone is 8. The summed E-state index contributed by atoms with van der Waals surface area (Å²) in [5, 5.41) is 0.